The molecule has 0 fully saturated rings. The minimum Gasteiger partial charge on any atom is -0.351 e. The van der Waals surface area contributed by atoms with E-state index in [-0.39, 0.29) is 11.8 Å². The highest BCUT2D eigenvalue weighted by Gasteiger charge is 2.14. The fourth-order valence-corrected chi connectivity index (χ4v) is 1.87. The number of nitrogens with one attached hydrogen (secondary N) is 1. The lowest BCUT2D eigenvalue weighted by atomic mass is 10.2. The molecule has 0 aliphatic heterocycles. The van der Waals surface area contributed by atoms with E-state index >= 15 is 0 Å². The Bertz CT molecular complexity index is 474. The van der Waals surface area contributed by atoms with Crippen LogP contribution in [-0.4, -0.2) is 41.8 Å². The standard InChI is InChI=1S/C16H25N3O2/c1-4-6-9-18-15(20)14-12-13(8-10-17-14)16(21)19(3)11-7-5-2/h8,10,12H,4-7,9,11H2,1-3H3,(H,18,20). The van der Waals surface area contributed by atoms with Crippen LogP contribution in [0.5, 0.6) is 0 Å². The molecule has 0 aliphatic carbocycles. The average molecular weight is 291 g/mol. The summed E-state index contributed by atoms with van der Waals surface area (Å²) < 4.78 is 0. The lowest BCUT2D eigenvalue weighted by Gasteiger charge is -2.16. The molecule has 0 spiro atoms. The predicted octanol–water partition coefficient (Wildman–Crippen LogP) is 2.48. The Morgan fingerprint density at radius 1 is 1.24 bits per heavy atom. The van der Waals surface area contributed by atoms with Gasteiger partial charge in [0, 0.05) is 31.9 Å². The summed E-state index contributed by atoms with van der Waals surface area (Å²) in [6, 6.07) is 3.21. The number of carbonyl (C=O) groups excluding carboxylic acids is 2. The van der Waals surface area contributed by atoms with Crippen molar-refractivity contribution < 1.29 is 9.59 Å². The fourth-order valence-electron chi connectivity index (χ4n) is 1.87. The van der Waals surface area contributed by atoms with Crippen molar-refractivity contribution in [3.05, 3.63) is 29.6 Å². The third-order valence-corrected chi connectivity index (χ3v) is 3.25. The maximum absolute atomic E-state index is 12.3. The van der Waals surface area contributed by atoms with Gasteiger partial charge in [-0.05, 0) is 25.0 Å². The van der Waals surface area contributed by atoms with E-state index in [1.165, 1.54) is 6.20 Å². The molecule has 0 radical (unpaired) electrons. The van der Waals surface area contributed by atoms with Crippen molar-refractivity contribution in [3.63, 3.8) is 0 Å². The molecule has 116 valence electrons. The molecule has 0 saturated heterocycles. The zero-order chi connectivity index (χ0) is 15.7. The van der Waals surface area contributed by atoms with Crippen LogP contribution in [0.3, 0.4) is 0 Å². The quantitative estimate of drug-likeness (QED) is 0.748. The Morgan fingerprint density at radius 3 is 2.62 bits per heavy atom. The molecule has 1 aromatic rings. The maximum atomic E-state index is 12.3. The number of aromatic nitrogens is 1. The van der Waals surface area contributed by atoms with Gasteiger partial charge in [-0.2, -0.15) is 0 Å². The first-order valence-corrected chi connectivity index (χ1v) is 7.59. The summed E-state index contributed by atoms with van der Waals surface area (Å²) in [5.41, 5.74) is 0.796. The van der Waals surface area contributed by atoms with Gasteiger partial charge in [0.25, 0.3) is 11.8 Å². The number of nitrogens with zero attached hydrogens (tertiary/aromatic N) is 2. The van der Waals surface area contributed by atoms with E-state index in [4.69, 9.17) is 0 Å². The molecule has 1 aromatic heterocycles. The summed E-state index contributed by atoms with van der Waals surface area (Å²) in [4.78, 5) is 29.9. The van der Waals surface area contributed by atoms with Crippen LogP contribution in [0.4, 0.5) is 0 Å². The Morgan fingerprint density at radius 2 is 1.95 bits per heavy atom. The summed E-state index contributed by atoms with van der Waals surface area (Å²) in [7, 11) is 1.78. The Labute approximate surface area is 126 Å². The van der Waals surface area contributed by atoms with Gasteiger partial charge in [0.1, 0.15) is 5.69 Å². The summed E-state index contributed by atoms with van der Waals surface area (Å²) in [5.74, 6) is -0.303. The van der Waals surface area contributed by atoms with Crippen molar-refractivity contribution in [2.45, 2.75) is 39.5 Å². The number of rotatable bonds is 8. The third-order valence-electron chi connectivity index (χ3n) is 3.25. The number of hydrogen-bond acceptors (Lipinski definition) is 3. The normalized spacial score (nSPS) is 10.2. The minimum absolute atomic E-state index is 0.0755. The van der Waals surface area contributed by atoms with Gasteiger partial charge < -0.3 is 10.2 Å². The molecule has 1 rings (SSSR count). The molecule has 5 nitrogen and oxygen atoms in total. The molecule has 0 atom stereocenters. The molecule has 2 amide bonds. The second-order valence-electron chi connectivity index (χ2n) is 5.12. The Hall–Kier alpha value is -1.91. The SMILES string of the molecule is CCCCNC(=O)c1cc(C(=O)N(C)CCCC)ccn1. The topological polar surface area (TPSA) is 62.3 Å². The lowest BCUT2D eigenvalue weighted by Crippen LogP contribution is -2.29. The first-order valence-electron chi connectivity index (χ1n) is 7.59. The molecule has 0 aliphatic rings. The number of amides is 2. The van der Waals surface area contributed by atoms with Crippen LogP contribution in [0.15, 0.2) is 18.3 Å². The highest BCUT2D eigenvalue weighted by atomic mass is 16.2. The highest BCUT2D eigenvalue weighted by molar-refractivity contribution is 5.98. The van der Waals surface area contributed by atoms with Gasteiger partial charge >= 0.3 is 0 Å². The van der Waals surface area contributed by atoms with Gasteiger partial charge in [0.2, 0.25) is 0 Å². The fraction of sp³-hybridized carbons (Fsp3) is 0.562. The molecule has 5 heteroatoms. The van der Waals surface area contributed by atoms with Gasteiger partial charge in [-0.15, -0.1) is 0 Å². The van der Waals surface area contributed by atoms with Gasteiger partial charge in [-0.1, -0.05) is 26.7 Å². The van der Waals surface area contributed by atoms with Crippen LogP contribution >= 0.6 is 0 Å². The Kier molecular flexibility index (Phi) is 7.43. The smallest absolute Gasteiger partial charge is 0.269 e. The zero-order valence-corrected chi connectivity index (χ0v) is 13.2. The van der Waals surface area contributed by atoms with Crippen molar-refractivity contribution in [1.82, 2.24) is 15.2 Å². The largest absolute Gasteiger partial charge is 0.351 e. The van der Waals surface area contributed by atoms with Crippen molar-refractivity contribution in [3.8, 4) is 0 Å². The van der Waals surface area contributed by atoms with E-state index in [2.05, 4.69) is 24.1 Å². The second kappa shape index (κ2) is 9.10. The molecule has 21 heavy (non-hydrogen) atoms. The molecular weight excluding hydrogens is 266 g/mol. The molecule has 0 unspecified atom stereocenters. The molecule has 0 aromatic carbocycles. The number of pyridine rings is 1. The van der Waals surface area contributed by atoms with Crippen molar-refractivity contribution >= 4 is 11.8 Å². The van der Waals surface area contributed by atoms with Gasteiger partial charge in [0.15, 0.2) is 0 Å². The summed E-state index contributed by atoms with van der Waals surface area (Å²) >= 11 is 0. The molecular formula is C16H25N3O2. The number of hydrogen-bond donors (Lipinski definition) is 1. The predicted molar refractivity (Wildman–Crippen MR) is 83.3 cm³/mol. The van der Waals surface area contributed by atoms with Crippen molar-refractivity contribution in [1.29, 1.82) is 0 Å². The van der Waals surface area contributed by atoms with Crippen LogP contribution in [0.2, 0.25) is 0 Å². The van der Waals surface area contributed by atoms with Crippen LogP contribution in [-0.2, 0) is 0 Å². The van der Waals surface area contributed by atoms with Crippen molar-refractivity contribution in [2.24, 2.45) is 0 Å². The average Bonchev–Trinajstić information content (AvgIpc) is 2.52. The maximum Gasteiger partial charge on any atom is 0.269 e. The molecule has 0 bridgehead atoms. The van der Waals surface area contributed by atoms with Crippen molar-refractivity contribution in [2.75, 3.05) is 20.1 Å². The monoisotopic (exact) mass is 291 g/mol. The van der Waals surface area contributed by atoms with Gasteiger partial charge in [-0.25, -0.2) is 0 Å². The van der Waals surface area contributed by atoms with Crippen LogP contribution in [0, 0.1) is 0 Å². The van der Waals surface area contributed by atoms with Crippen LogP contribution < -0.4 is 5.32 Å². The lowest BCUT2D eigenvalue weighted by molar-refractivity contribution is 0.0793. The molecule has 1 heterocycles. The first-order chi connectivity index (χ1) is 10.1. The van der Waals surface area contributed by atoms with E-state index in [0.29, 0.717) is 17.8 Å². The first kappa shape index (κ1) is 17.1. The van der Waals surface area contributed by atoms with E-state index in [0.717, 1.165) is 32.2 Å². The molecule has 0 saturated carbocycles. The highest BCUT2D eigenvalue weighted by Crippen LogP contribution is 2.06. The minimum atomic E-state index is -0.227. The van der Waals surface area contributed by atoms with Crippen LogP contribution in [0.1, 0.15) is 60.4 Å². The third kappa shape index (κ3) is 5.53. The van der Waals surface area contributed by atoms with Crippen LogP contribution in [0.25, 0.3) is 0 Å². The Balaban J connectivity index is 2.71. The van der Waals surface area contributed by atoms with E-state index in [1.54, 1.807) is 24.1 Å². The van der Waals surface area contributed by atoms with Gasteiger partial charge in [0.05, 0.1) is 0 Å². The summed E-state index contributed by atoms with van der Waals surface area (Å²) in [6.45, 7) is 5.50. The summed E-state index contributed by atoms with van der Waals surface area (Å²) in [6.07, 6.45) is 5.48. The van der Waals surface area contributed by atoms with E-state index < -0.39 is 0 Å². The summed E-state index contributed by atoms with van der Waals surface area (Å²) in [5, 5.41) is 2.80. The van der Waals surface area contributed by atoms with E-state index in [9.17, 15) is 9.59 Å². The van der Waals surface area contributed by atoms with E-state index in [1.807, 2.05) is 0 Å². The molecule has 1 N–H and O–H groups in total. The zero-order valence-electron chi connectivity index (χ0n) is 13.2. The number of carbonyl (C=O) groups is 2. The number of unbranched alkanes of at least 4 members (excludes halogenated alkanes) is 2. The second-order valence-corrected chi connectivity index (χ2v) is 5.12. The van der Waals surface area contributed by atoms with Gasteiger partial charge in [-0.3, -0.25) is 14.6 Å².